The molecule has 116 valence electrons. The van der Waals surface area contributed by atoms with Gasteiger partial charge in [-0.1, -0.05) is 35.9 Å². The number of halogens is 2. The normalized spacial score (nSPS) is 10.7. The highest BCUT2D eigenvalue weighted by molar-refractivity contribution is 6.35. The summed E-state index contributed by atoms with van der Waals surface area (Å²) in [5.41, 5.74) is 2.04. The monoisotopic (exact) mass is 347 g/mol. The number of rotatable bonds is 4. The molecule has 0 unspecified atom stereocenters. The highest BCUT2D eigenvalue weighted by Crippen LogP contribution is 2.32. The van der Waals surface area contributed by atoms with E-state index in [1.807, 2.05) is 0 Å². The van der Waals surface area contributed by atoms with Gasteiger partial charge in [-0.2, -0.15) is 0 Å². The number of carbonyl (C=O) groups excluding carboxylic acids is 1. The van der Waals surface area contributed by atoms with Crippen molar-refractivity contribution in [1.82, 2.24) is 4.98 Å². The molecule has 3 rings (SSSR count). The van der Waals surface area contributed by atoms with Crippen LogP contribution in [0.25, 0.3) is 22.6 Å². The lowest BCUT2D eigenvalue weighted by atomic mass is 10.2. The summed E-state index contributed by atoms with van der Waals surface area (Å²) in [5.74, 6) is -0.110. The molecule has 0 spiro atoms. The molecule has 4 nitrogen and oxygen atoms in total. The molecule has 0 bridgehead atoms. The van der Waals surface area contributed by atoms with Crippen LogP contribution < -0.4 is 0 Å². The maximum atomic E-state index is 11.9. The number of oxazole rings is 1. The van der Waals surface area contributed by atoms with Crippen LogP contribution in [0.15, 0.2) is 53.5 Å². The molecule has 0 aliphatic rings. The number of hydrogen-bond donors (Lipinski definition) is 0. The second-order valence-corrected chi connectivity index (χ2v) is 5.56. The zero-order valence-electron chi connectivity index (χ0n) is 11.9. The summed E-state index contributed by atoms with van der Waals surface area (Å²) < 4.78 is 10.7. The van der Waals surface area contributed by atoms with Crippen molar-refractivity contribution in [3.8, 4) is 11.5 Å². The van der Waals surface area contributed by atoms with E-state index in [2.05, 4.69) is 11.6 Å². The van der Waals surface area contributed by atoms with Gasteiger partial charge in [-0.15, -0.1) is 0 Å². The molecule has 0 fully saturated rings. The highest BCUT2D eigenvalue weighted by atomic mass is 35.5. The third kappa shape index (κ3) is 3.23. The summed E-state index contributed by atoms with van der Waals surface area (Å²) >= 11 is 12.1. The first-order valence-electron chi connectivity index (χ1n) is 6.72. The van der Waals surface area contributed by atoms with Gasteiger partial charge in [0.25, 0.3) is 0 Å². The molecule has 6 heteroatoms. The Labute approximate surface area is 142 Å². The minimum Gasteiger partial charge on any atom is -0.458 e. The van der Waals surface area contributed by atoms with E-state index in [1.165, 1.54) is 6.08 Å². The average molecular weight is 348 g/mol. The molecule has 0 aliphatic carbocycles. The Morgan fingerprint density at radius 2 is 2.09 bits per heavy atom. The molecule has 0 saturated heterocycles. The molecule has 3 aromatic rings. The highest BCUT2D eigenvalue weighted by Gasteiger charge is 2.14. The van der Waals surface area contributed by atoms with Crippen molar-refractivity contribution in [3.63, 3.8) is 0 Å². The van der Waals surface area contributed by atoms with Crippen molar-refractivity contribution >= 4 is 40.3 Å². The maximum absolute atomic E-state index is 11.9. The third-order valence-electron chi connectivity index (χ3n) is 3.11. The predicted molar refractivity (Wildman–Crippen MR) is 89.9 cm³/mol. The summed E-state index contributed by atoms with van der Waals surface area (Å²) in [7, 11) is 0. The van der Waals surface area contributed by atoms with E-state index in [0.717, 1.165) is 0 Å². The minimum absolute atomic E-state index is 0.152. The second-order valence-electron chi connectivity index (χ2n) is 4.71. The van der Waals surface area contributed by atoms with Crippen LogP contribution >= 0.6 is 23.2 Å². The Bertz CT molecular complexity index is 902. The molecule has 0 N–H and O–H groups in total. The Kier molecular flexibility index (Phi) is 4.37. The largest absolute Gasteiger partial charge is 0.458 e. The first kappa shape index (κ1) is 15.6. The van der Waals surface area contributed by atoms with E-state index in [1.54, 1.807) is 36.4 Å². The van der Waals surface area contributed by atoms with Crippen LogP contribution in [0.3, 0.4) is 0 Å². The van der Waals surface area contributed by atoms with Crippen molar-refractivity contribution in [2.45, 2.75) is 0 Å². The maximum Gasteiger partial charge on any atom is 0.338 e. The topological polar surface area (TPSA) is 52.3 Å². The minimum atomic E-state index is -0.447. The summed E-state index contributed by atoms with van der Waals surface area (Å²) in [6.45, 7) is 3.65. The van der Waals surface area contributed by atoms with Gasteiger partial charge in [-0.3, -0.25) is 0 Å². The zero-order chi connectivity index (χ0) is 16.4. The van der Waals surface area contributed by atoms with E-state index >= 15 is 0 Å². The molecular weight excluding hydrogens is 337 g/mol. The second kappa shape index (κ2) is 6.44. The van der Waals surface area contributed by atoms with Crippen LogP contribution in [0.2, 0.25) is 10.0 Å². The van der Waals surface area contributed by atoms with Crippen LogP contribution in [0.1, 0.15) is 10.4 Å². The molecule has 1 heterocycles. The van der Waals surface area contributed by atoms with E-state index in [0.29, 0.717) is 38.2 Å². The average Bonchev–Trinajstić information content (AvgIpc) is 2.97. The standard InChI is InChI=1S/C17H11Cl2NO3/c1-2-7-22-17(21)10-3-6-15-14(8-10)20-16(23-15)12-9-11(18)4-5-13(12)19/h2-6,8-9H,1,7H2. The van der Waals surface area contributed by atoms with Crippen molar-refractivity contribution < 1.29 is 13.9 Å². The fourth-order valence-corrected chi connectivity index (χ4v) is 2.42. The lowest BCUT2D eigenvalue weighted by Gasteiger charge is -2.00. The van der Waals surface area contributed by atoms with Crippen molar-refractivity contribution in [1.29, 1.82) is 0 Å². The molecule has 0 amide bonds. The van der Waals surface area contributed by atoms with Gasteiger partial charge in [0.05, 0.1) is 16.1 Å². The van der Waals surface area contributed by atoms with Crippen molar-refractivity contribution in [2.24, 2.45) is 0 Å². The van der Waals surface area contributed by atoms with Gasteiger partial charge >= 0.3 is 5.97 Å². The summed E-state index contributed by atoms with van der Waals surface area (Å²) in [6.07, 6.45) is 1.51. The molecule has 23 heavy (non-hydrogen) atoms. The SMILES string of the molecule is C=CCOC(=O)c1ccc2oc(-c3cc(Cl)ccc3Cl)nc2c1. The Balaban J connectivity index is 2.00. The quantitative estimate of drug-likeness (QED) is 0.484. The third-order valence-corrected chi connectivity index (χ3v) is 3.68. The van der Waals surface area contributed by atoms with Crippen molar-refractivity contribution in [3.05, 3.63) is 64.7 Å². The van der Waals surface area contributed by atoms with Crippen LogP contribution in [-0.4, -0.2) is 17.6 Å². The van der Waals surface area contributed by atoms with Gasteiger partial charge in [0.15, 0.2) is 5.58 Å². The number of aromatic nitrogens is 1. The Morgan fingerprint density at radius 3 is 2.87 bits per heavy atom. The number of ether oxygens (including phenoxy) is 1. The Hall–Kier alpha value is -2.30. The zero-order valence-corrected chi connectivity index (χ0v) is 13.4. The van der Waals surface area contributed by atoms with Gasteiger partial charge in [0.2, 0.25) is 5.89 Å². The van der Waals surface area contributed by atoms with E-state index in [-0.39, 0.29) is 6.61 Å². The van der Waals surface area contributed by atoms with Gasteiger partial charge in [0.1, 0.15) is 12.1 Å². The first-order chi connectivity index (χ1) is 11.1. The number of benzene rings is 2. The van der Waals surface area contributed by atoms with E-state index < -0.39 is 5.97 Å². The molecular formula is C17H11Cl2NO3. The van der Waals surface area contributed by atoms with Gasteiger partial charge < -0.3 is 9.15 Å². The number of carbonyl (C=O) groups is 1. The molecule has 1 aromatic heterocycles. The van der Waals surface area contributed by atoms with Crippen LogP contribution in [-0.2, 0) is 4.74 Å². The molecule has 0 radical (unpaired) electrons. The lowest BCUT2D eigenvalue weighted by molar-refractivity contribution is 0.0550. The molecule has 0 saturated carbocycles. The first-order valence-corrected chi connectivity index (χ1v) is 7.48. The number of hydrogen-bond acceptors (Lipinski definition) is 4. The number of esters is 1. The van der Waals surface area contributed by atoms with Crippen molar-refractivity contribution in [2.75, 3.05) is 6.61 Å². The molecule has 2 aromatic carbocycles. The lowest BCUT2D eigenvalue weighted by Crippen LogP contribution is -2.04. The molecule has 0 atom stereocenters. The van der Waals surface area contributed by atoms with Crippen LogP contribution in [0.4, 0.5) is 0 Å². The number of nitrogens with zero attached hydrogens (tertiary/aromatic N) is 1. The number of fused-ring (bicyclic) bond motifs is 1. The fraction of sp³-hybridized carbons (Fsp3) is 0.0588. The summed E-state index contributed by atoms with van der Waals surface area (Å²) in [5, 5.41) is 1.01. The molecule has 0 aliphatic heterocycles. The van der Waals surface area contributed by atoms with Crippen LogP contribution in [0.5, 0.6) is 0 Å². The smallest absolute Gasteiger partial charge is 0.338 e. The summed E-state index contributed by atoms with van der Waals surface area (Å²) in [6, 6.07) is 9.91. The summed E-state index contributed by atoms with van der Waals surface area (Å²) in [4.78, 5) is 16.2. The Morgan fingerprint density at radius 1 is 1.26 bits per heavy atom. The van der Waals surface area contributed by atoms with E-state index in [9.17, 15) is 4.79 Å². The fourth-order valence-electron chi connectivity index (χ4n) is 2.05. The van der Waals surface area contributed by atoms with Gasteiger partial charge in [0, 0.05) is 5.02 Å². The van der Waals surface area contributed by atoms with Crippen LogP contribution in [0, 0.1) is 0 Å². The van der Waals surface area contributed by atoms with Gasteiger partial charge in [-0.25, -0.2) is 9.78 Å². The van der Waals surface area contributed by atoms with E-state index in [4.69, 9.17) is 32.4 Å². The van der Waals surface area contributed by atoms with Gasteiger partial charge in [-0.05, 0) is 36.4 Å². The predicted octanol–water partition coefficient (Wildman–Crippen LogP) is 5.14.